The molecule has 0 saturated heterocycles. The maximum atomic E-state index is 12.3. The molecule has 4 rings (SSSR count). The number of methoxy groups -OCH3 is 1. The summed E-state index contributed by atoms with van der Waals surface area (Å²) >= 11 is 6.02. The Morgan fingerprint density at radius 3 is 2.52 bits per heavy atom. The predicted molar refractivity (Wildman–Crippen MR) is 116 cm³/mol. The molecule has 0 N–H and O–H groups in total. The van der Waals surface area contributed by atoms with E-state index in [1.54, 1.807) is 86.0 Å². The molecular weight excluding hydrogens is 418 g/mol. The molecule has 0 unspecified atom stereocenters. The molecule has 0 spiro atoms. The van der Waals surface area contributed by atoms with Crippen LogP contribution in [0.25, 0.3) is 6.08 Å². The third kappa shape index (κ3) is 4.65. The number of rotatable bonds is 5. The first-order valence-electron chi connectivity index (χ1n) is 9.27. The minimum absolute atomic E-state index is 0.165. The van der Waals surface area contributed by atoms with Gasteiger partial charge in [0, 0.05) is 5.56 Å². The summed E-state index contributed by atoms with van der Waals surface area (Å²) < 4.78 is 15.8. The average molecular weight is 434 g/mol. The summed E-state index contributed by atoms with van der Waals surface area (Å²) in [5, 5.41) is 0.318. The first kappa shape index (κ1) is 20.4. The number of ether oxygens (including phenoxy) is 3. The first-order chi connectivity index (χ1) is 15.0. The standard InChI is InChI=1S/C24H16ClNO5/c1-29-18-6-4-5-16(14-18)22-26-21(24(28)31-22)13-15-9-11-17(12-10-15)30-23(27)19-7-2-3-8-20(19)25/h2-14H,1H3. The quantitative estimate of drug-likeness (QED) is 0.324. The molecule has 3 aromatic carbocycles. The van der Waals surface area contributed by atoms with E-state index >= 15 is 0 Å². The van der Waals surface area contributed by atoms with E-state index in [9.17, 15) is 9.59 Å². The largest absolute Gasteiger partial charge is 0.497 e. The zero-order valence-electron chi connectivity index (χ0n) is 16.4. The molecule has 0 radical (unpaired) electrons. The van der Waals surface area contributed by atoms with Crippen molar-refractivity contribution in [3.8, 4) is 11.5 Å². The Morgan fingerprint density at radius 2 is 1.77 bits per heavy atom. The third-order valence-electron chi connectivity index (χ3n) is 4.43. The Morgan fingerprint density at radius 1 is 1.00 bits per heavy atom. The van der Waals surface area contributed by atoms with Gasteiger partial charge in [0.15, 0.2) is 5.70 Å². The molecule has 0 fully saturated rings. The second kappa shape index (κ2) is 8.85. The van der Waals surface area contributed by atoms with Crippen LogP contribution in [0.5, 0.6) is 11.5 Å². The Bertz CT molecular complexity index is 1210. The summed E-state index contributed by atoms with van der Waals surface area (Å²) in [6.45, 7) is 0. The van der Waals surface area contributed by atoms with Gasteiger partial charge in [-0.2, -0.15) is 0 Å². The van der Waals surface area contributed by atoms with Gasteiger partial charge >= 0.3 is 11.9 Å². The topological polar surface area (TPSA) is 74.2 Å². The van der Waals surface area contributed by atoms with Crippen molar-refractivity contribution in [3.05, 3.63) is 100 Å². The van der Waals surface area contributed by atoms with Gasteiger partial charge in [0.1, 0.15) is 11.5 Å². The van der Waals surface area contributed by atoms with E-state index < -0.39 is 11.9 Å². The zero-order valence-corrected chi connectivity index (χ0v) is 17.1. The highest BCUT2D eigenvalue weighted by Crippen LogP contribution is 2.23. The van der Waals surface area contributed by atoms with Gasteiger partial charge < -0.3 is 14.2 Å². The second-order valence-corrected chi connectivity index (χ2v) is 6.91. The minimum atomic E-state index is -0.552. The van der Waals surface area contributed by atoms with Crippen LogP contribution in [0.1, 0.15) is 21.5 Å². The number of hydrogen-bond donors (Lipinski definition) is 0. The highest BCUT2D eigenvalue weighted by molar-refractivity contribution is 6.33. The Kier molecular flexibility index (Phi) is 5.82. The molecule has 0 aliphatic carbocycles. The number of halogens is 1. The van der Waals surface area contributed by atoms with Crippen LogP contribution in [0.2, 0.25) is 5.02 Å². The van der Waals surface area contributed by atoms with E-state index in [0.29, 0.717) is 27.6 Å². The molecule has 0 aromatic heterocycles. The van der Waals surface area contributed by atoms with E-state index in [1.165, 1.54) is 0 Å². The Labute approximate surface area is 183 Å². The fourth-order valence-electron chi connectivity index (χ4n) is 2.87. The predicted octanol–water partition coefficient (Wildman–Crippen LogP) is 4.91. The van der Waals surface area contributed by atoms with Gasteiger partial charge in [-0.15, -0.1) is 0 Å². The first-order valence-corrected chi connectivity index (χ1v) is 9.65. The Hall–Kier alpha value is -3.90. The van der Waals surface area contributed by atoms with Crippen LogP contribution in [0.4, 0.5) is 0 Å². The maximum Gasteiger partial charge on any atom is 0.363 e. The van der Waals surface area contributed by atoms with E-state index in [2.05, 4.69) is 4.99 Å². The molecule has 1 aliphatic rings. The van der Waals surface area contributed by atoms with E-state index in [0.717, 1.165) is 0 Å². The highest BCUT2D eigenvalue weighted by atomic mass is 35.5. The summed E-state index contributed by atoms with van der Waals surface area (Å²) in [6.07, 6.45) is 1.59. The average Bonchev–Trinajstić information content (AvgIpc) is 3.15. The van der Waals surface area contributed by atoms with E-state index in [-0.39, 0.29) is 17.2 Å². The Balaban J connectivity index is 1.50. The number of benzene rings is 3. The van der Waals surface area contributed by atoms with Crippen LogP contribution in [-0.2, 0) is 9.53 Å². The monoisotopic (exact) mass is 433 g/mol. The van der Waals surface area contributed by atoms with Crippen molar-refractivity contribution >= 4 is 35.5 Å². The number of carbonyl (C=O) groups excluding carboxylic acids is 2. The lowest BCUT2D eigenvalue weighted by molar-refractivity contribution is -0.129. The number of carbonyl (C=O) groups is 2. The summed E-state index contributed by atoms with van der Waals surface area (Å²) in [4.78, 5) is 28.7. The van der Waals surface area contributed by atoms with E-state index in [4.69, 9.17) is 25.8 Å². The summed E-state index contributed by atoms with van der Waals surface area (Å²) in [5.74, 6) is 0.0910. The molecule has 0 bridgehead atoms. The third-order valence-corrected chi connectivity index (χ3v) is 4.75. The van der Waals surface area contributed by atoms with Crippen LogP contribution in [0.15, 0.2) is 83.5 Å². The summed E-state index contributed by atoms with van der Waals surface area (Å²) in [7, 11) is 1.56. The summed E-state index contributed by atoms with van der Waals surface area (Å²) in [5.41, 5.74) is 1.78. The van der Waals surface area contributed by atoms with Crippen molar-refractivity contribution in [2.24, 2.45) is 4.99 Å². The van der Waals surface area contributed by atoms with E-state index in [1.807, 2.05) is 0 Å². The normalized spacial score (nSPS) is 14.2. The van der Waals surface area contributed by atoms with Crippen LogP contribution in [0, 0.1) is 0 Å². The number of esters is 2. The molecule has 0 saturated carbocycles. The van der Waals surface area contributed by atoms with Gasteiger partial charge in [-0.1, -0.05) is 41.9 Å². The lowest BCUT2D eigenvalue weighted by Crippen LogP contribution is -2.08. The van der Waals surface area contributed by atoms with Crippen molar-refractivity contribution in [1.82, 2.24) is 0 Å². The molecule has 6 nitrogen and oxygen atoms in total. The molecule has 31 heavy (non-hydrogen) atoms. The van der Waals surface area contributed by atoms with Crippen LogP contribution in [0.3, 0.4) is 0 Å². The number of nitrogens with zero attached hydrogens (tertiary/aromatic N) is 1. The SMILES string of the molecule is COc1cccc(C2=NC(=Cc3ccc(OC(=O)c4ccccc4Cl)cc3)C(=O)O2)c1. The number of cyclic esters (lactones) is 1. The lowest BCUT2D eigenvalue weighted by Gasteiger charge is -2.06. The van der Waals surface area contributed by atoms with Crippen molar-refractivity contribution in [3.63, 3.8) is 0 Å². The van der Waals surface area contributed by atoms with Crippen molar-refractivity contribution < 1.29 is 23.8 Å². The molecule has 154 valence electrons. The molecule has 1 aliphatic heterocycles. The fourth-order valence-corrected chi connectivity index (χ4v) is 3.08. The fraction of sp³-hybridized carbons (Fsp3) is 0.0417. The second-order valence-electron chi connectivity index (χ2n) is 6.51. The zero-order chi connectivity index (χ0) is 21.8. The van der Waals surface area contributed by atoms with Gasteiger partial charge in [-0.05, 0) is 54.1 Å². The molecule has 0 atom stereocenters. The maximum absolute atomic E-state index is 12.3. The number of aliphatic imine (C=N–C) groups is 1. The molecular formula is C24H16ClNO5. The lowest BCUT2D eigenvalue weighted by atomic mass is 10.2. The van der Waals surface area contributed by atoms with Gasteiger partial charge in [0.25, 0.3) is 0 Å². The highest BCUT2D eigenvalue weighted by Gasteiger charge is 2.24. The van der Waals surface area contributed by atoms with Gasteiger partial charge in [0.05, 0.1) is 17.7 Å². The van der Waals surface area contributed by atoms with Crippen molar-refractivity contribution in [2.75, 3.05) is 7.11 Å². The molecule has 0 amide bonds. The summed E-state index contributed by atoms with van der Waals surface area (Å²) in [6, 6.07) is 20.4. The smallest absolute Gasteiger partial charge is 0.363 e. The van der Waals surface area contributed by atoms with Crippen LogP contribution >= 0.6 is 11.6 Å². The number of hydrogen-bond acceptors (Lipinski definition) is 6. The van der Waals surface area contributed by atoms with Crippen LogP contribution in [-0.4, -0.2) is 24.9 Å². The van der Waals surface area contributed by atoms with Crippen molar-refractivity contribution in [2.45, 2.75) is 0 Å². The minimum Gasteiger partial charge on any atom is -0.497 e. The van der Waals surface area contributed by atoms with Gasteiger partial charge in [-0.25, -0.2) is 14.6 Å². The molecule has 7 heteroatoms. The van der Waals surface area contributed by atoms with Gasteiger partial charge in [0.2, 0.25) is 5.90 Å². The van der Waals surface area contributed by atoms with Gasteiger partial charge in [-0.3, -0.25) is 0 Å². The molecule has 1 heterocycles. The van der Waals surface area contributed by atoms with Crippen LogP contribution < -0.4 is 9.47 Å². The van der Waals surface area contributed by atoms with Crippen molar-refractivity contribution in [1.29, 1.82) is 0 Å². The molecule has 3 aromatic rings.